The lowest BCUT2D eigenvalue weighted by molar-refractivity contribution is -0.441. The molecule has 2 bridgehead atoms. The summed E-state index contributed by atoms with van der Waals surface area (Å²) in [7, 11) is -3.54. The van der Waals surface area contributed by atoms with E-state index in [9.17, 15) is 18.0 Å². The zero-order valence-corrected chi connectivity index (χ0v) is 17.2. The van der Waals surface area contributed by atoms with Crippen LogP contribution in [0.4, 0.5) is 0 Å². The van der Waals surface area contributed by atoms with Crippen molar-refractivity contribution in [2.24, 2.45) is 5.92 Å². The Morgan fingerprint density at radius 2 is 1.89 bits per heavy atom. The van der Waals surface area contributed by atoms with Crippen LogP contribution in [0.3, 0.4) is 0 Å². The molecule has 0 radical (unpaired) electrons. The summed E-state index contributed by atoms with van der Waals surface area (Å²) in [5, 5.41) is 0. The minimum absolute atomic E-state index is 0.0516. The van der Waals surface area contributed by atoms with Gasteiger partial charge in [0.15, 0.2) is 9.84 Å². The molecule has 154 valence electrons. The van der Waals surface area contributed by atoms with Crippen molar-refractivity contribution in [1.82, 2.24) is 0 Å². The second kappa shape index (κ2) is 7.57. The van der Waals surface area contributed by atoms with E-state index in [4.69, 9.17) is 14.5 Å². The fourth-order valence-corrected chi connectivity index (χ4v) is 5.80. The minimum Gasteiger partial charge on any atom is -0.456 e. The number of sulfone groups is 1. The van der Waals surface area contributed by atoms with E-state index in [-0.39, 0.29) is 28.8 Å². The lowest BCUT2D eigenvalue weighted by Crippen LogP contribution is -2.59. The van der Waals surface area contributed by atoms with Crippen LogP contribution in [-0.2, 0) is 33.9 Å². The Kier molecular flexibility index (Phi) is 5.67. The van der Waals surface area contributed by atoms with Gasteiger partial charge in [-0.2, -0.15) is 0 Å². The molecular formula is C20H26O7S. The second-order valence-corrected chi connectivity index (χ2v) is 10.2. The molecule has 0 aromatic heterocycles. The maximum Gasteiger partial charge on any atom is 0.313 e. The first-order valence-corrected chi connectivity index (χ1v) is 11.0. The second-order valence-electron chi connectivity index (χ2n) is 8.19. The van der Waals surface area contributed by atoms with E-state index >= 15 is 0 Å². The third-order valence-electron chi connectivity index (χ3n) is 5.71. The van der Waals surface area contributed by atoms with Gasteiger partial charge in [-0.1, -0.05) is 18.2 Å². The highest BCUT2D eigenvalue weighted by atomic mass is 32.2. The molecule has 0 N–H and O–H groups in total. The zero-order valence-electron chi connectivity index (χ0n) is 16.3. The Morgan fingerprint density at radius 1 is 1.21 bits per heavy atom. The molecular weight excluding hydrogens is 384 g/mol. The number of ether oxygens (including phenoxy) is 1. The van der Waals surface area contributed by atoms with Crippen LogP contribution in [0.5, 0.6) is 0 Å². The van der Waals surface area contributed by atoms with Crippen molar-refractivity contribution in [2.45, 2.75) is 68.7 Å². The predicted molar refractivity (Wildman–Crippen MR) is 100.0 cm³/mol. The Hall–Kier alpha value is -1.77. The number of rotatable bonds is 6. The van der Waals surface area contributed by atoms with Gasteiger partial charge >= 0.3 is 5.97 Å². The first-order valence-electron chi connectivity index (χ1n) is 9.38. The summed E-state index contributed by atoms with van der Waals surface area (Å²) in [6.07, 6.45) is 0.875. The largest absolute Gasteiger partial charge is 0.456 e. The van der Waals surface area contributed by atoms with E-state index in [1.165, 1.54) is 6.92 Å². The van der Waals surface area contributed by atoms with Crippen molar-refractivity contribution in [2.75, 3.05) is 5.75 Å². The molecule has 1 saturated carbocycles. The fraction of sp³-hybridized carbons (Fsp3) is 0.600. The highest BCUT2D eigenvalue weighted by Gasteiger charge is 2.55. The zero-order chi connectivity index (χ0) is 20.6. The lowest BCUT2D eigenvalue weighted by atomic mass is 9.71. The van der Waals surface area contributed by atoms with Crippen molar-refractivity contribution in [3.05, 3.63) is 30.3 Å². The maximum absolute atomic E-state index is 12.8. The van der Waals surface area contributed by atoms with Crippen LogP contribution < -0.4 is 0 Å². The number of benzene rings is 1. The summed E-state index contributed by atoms with van der Waals surface area (Å²) in [5.74, 6) is -1.09. The van der Waals surface area contributed by atoms with Crippen molar-refractivity contribution in [1.29, 1.82) is 0 Å². The number of ketones is 1. The molecule has 7 nitrogen and oxygen atoms in total. The number of hydrogen-bond donors (Lipinski definition) is 0. The Morgan fingerprint density at radius 3 is 2.54 bits per heavy atom. The number of hydrogen-bond acceptors (Lipinski definition) is 7. The van der Waals surface area contributed by atoms with E-state index in [0.29, 0.717) is 19.3 Å². The molecule has 2 fully saturated rings. The SMILES string of the molecule is CC(=O)CC(=O)O[C@]1(C)CC[C@@H]2C[C@H]1OO[C@]2(C)CS(=O)(=O)c1ccccc1. The molecule has 2 aliphatic rings. The molecule has 8 heteroatoms. The minimum atomic E-state index is -3.54. The van der Waals surface area contributed by atoms with Gasteiger partial charge in [0, 0.05) is 0 Å². The smallest absolute Gasteiger partial charge is 0.313 e. The van der Waals surface area contributed by atoms with Crippen LogP contribution in [-0.4, -0.2) is 43.2 Å². The average molecular weight is 410 g/mol. The molecule has 4 atom stereocenters. The third-order valence-corrected chi connectivity index (χ3v) is 7.65. The van der Waals surface area contributed by atoms with Gasteiger partial charge in [0.25, 0.3) is 0 Å². The Bertz CT molecular complexity index is 851. The quantitative estimate of drug-likeness (QED) is 0.404. The van der Waals surface area contributed by atoms with Gasteiger partial charge in [0.1, 0.15) is 29.5 Å². The number of esters is 1. The van der Waals surface area contributed by atoms with Crippen LogP contribution in [0.1, 0.15) is 46.5 Å². The molecule has 3 rings (SSSR count). The van der Waals surface area contributed by atoms with Gasteiger partial charge in [0.2, 0.25) is 0 Å². The normalized spacial score (nSPS) is 32.5. The summed E-state index contributed by atoms with van der Waals surface area (Å²) in [6, 6.07) is 8.27. The van der Waals surface area contributed by atoms with Gasteiger partial charge in [-0.05, 0) is 58.1 Å². The van der Waals surface area contributed by atoms with Crippen LogP contribution in [0.25, 0.3) is 0 Å². The topological polar surface area (TPSA) is 96.0 Å². The molecule has 28 heavy (non-hydrogen) atoms. The molecule has 1 aliphatic carbocycles. The van der Waals surface area contributed by atoms with E-state index in [0.717, 1.165) is 0 Å². The summed E-state index contributed by atoms with van der Waals surface area (Å²) >= 11 is 0. The van der Waals surface area contributed by atoms with Crippen molar-refractivity contribution < 1.29 is 32.5 Å². The summed E-state index contributed by atoms with van der Waals surface area (Å²) in [6.45, 7) is 4.84. The van der Waals surface area contributed by atoms with E-state index in [1.54, 1.807) is 44.2 Å². The molecule has 1 aromatic rings. The highest BCUT2D eigenvalue weighted by Crippen LogP contribution is 2.47. The van der Waals surface area contributed by atoms with E-state index in [1.807, 2.05) is 0 Å². The van der Waals surface area contributed by atoms with Crippen LogP contribution in [0, 0.1) is 5.92 Å². The molecule has 1 aromatic carbocycles. The summed E-state index contributed by atoms with van der Waals surface area (Å²) in [4.78, 5) is 34.5. The van der Waals surface area contributed by atoms with Crippen molar-refractivity contribution in [3.8, 4) is 0 Å². The highest BCUT2D eigenvalue weighted by molar-refractivity contribution is 7.91. The fourth-order valence-electron chi connectivity index (χ4n) is 4.03. The van der Waals surface area contributed by atoms with Gasteiger partial charge < -0.3 is 4.74 Å². The number of Topliss-reactive ketones (excluding diaryl/α,β-unsaturated/α-hetero) is 1. The van der Waals surface area contributed by atoms with Crippen molar-refractivity contribution in [3.63, 3.8) is 0 Å². The van der Waals surface area contributed by atoms with Crippen LogP contribution >= 0.6 is 0 Å². The third kappa shape index (κ3) is 4.29. The van der Waals surface area contributed by atoms with Gasteiger partial charge in [-0.3, -0.25) is 9.59 Å². The average Bonchev–Trinajstić information content (AvgIpc) is 2.60. The maximum atomic E-state index is 12.8. The Balaban J connectivity index is 1.71. The van der Waals surface area contributed by atoms with Gasteiger partial charge in [0.05, 0.1) is 10.6 Å². The van der Waals surface area contributed by atoms with Gasteiger partial charge in [-0.15, -0.1) is 0 Å². The molecule has 0 amide bonds. The van der Waals surface area contributed by atoms with E-state index in [2.05, 4.69) is 0 Å². The predicted octanol–water partition coefficient (Wildman–Crippen LogP) is 2.63. The van der Waals surface area contributed by atoms with Crippen molar-refractivity contribution >= 4 is 21.6 Å². The standard InChI is InChI=1S/C20H26O7S/c1-14(21)11-18(22)25-19(2)10-9-15-12-17(19)26-27-20(15,3)13-28(23,24)16-7-5-4-6-8-16/h4-8,15,17H,9-13H2,1-3H3/t15-,17-,19-,20-/m1/s1. The van der Waals surface area contributed by atoms with Crippen LogP contribution in [0.2, 0.25) is 0 Å². The Labute approximate surface area is 165 Å². The number of fused-ring (bicyclic) bond motifs is 2. The lowest BCUT2D eigenvalue weighted by Gasteiger charge is -2.51. The molecule has 1 saturated heterocycles. The molecule has 0 spiro atoms. The van der Waals surface area contributed by atoms with Crippen LogP contribution in [0.15, 0.2) is 35.2 Å². The first kappa shape index (κ1) is 21.0. The van der Waals surface area contributed by atoms with Gasteiger partial charge in [-0.25, -0.2) is 18.2 Å². The van der Waals surface area contributed by atoms with E-state index < -0.39 is 33.1 Å². The molecule has 0 unspecified atom stereocenters. The molecule has 1 aliphatic heterocycles. The summed E-state index contributed by atoms with van der Waals surface area (Å²) < 4.78 is 31.1. The number of carbonyl (C=O) groups is 2. The monoisotopic (exact) mass is 410 g/mol. The summed E-state index contributed by atoms with van der Waals surface area (Å²) in [5.41, 5.74) is -1.89. The first-order chi connectivity index (χ1) is 13.0. The molecule has 1 heterocycles. The number of carbonyl (C=O) groups excluding carboxylic acids is 2.